The maximum atomic E-state index is 12.4. The third kappa shape index (κ3) is 3.71. The van der Waals surface area contributed by atoms with Gasteiger partial charge < -0.3 is 4.74 Å². The van der Waals surface area contributed by atoms with Crippen LogP contribution >= 0.6 is 0 Å². The van der Waals surface area contributed by atoms with Crippen LogP contribution in [0.3, 0.4) is 0 Å². The van der Waals surface area contributed by atoms with Crippen LogP contribution in [0.2, 0.25) is 0 Å². The number of hydrazine groups is 1. The smallest absolute Gasteiger partial charge is 0.279 e. The minimum absolute atomic E-state index is 0.0767. The molecule has 1 atom stereocenters. The lowest BCUT2D eigenvalue weighted by Crippen LogP contribution is -2.51. The van der Waals surface area contributed by atoms with E-state index in [0.717, 1.165) is 17.8 Å². The van der Waals surface area contributed by atoms with Crippen LogP contribution in [-0.4, -0.2) is 17.9 Å². The first-order valence-corrected chi connectivity index (χ1v) is 9.82. The number of carbonyl (C=O) groups is 2. The summed E-state index contributed by atoms with van der Waals surface area (Å²) in [5.41, 5.74) is 5.30. The van der Waals surface area contributed by atoms with Crippen molar-refractivity contribution in [3.8, 4) is 5.75 Å². The van der Waals surface area contributed by atoms with Gasteiger partial charge in [0.1, 0.15) is 5.75 Å². The fourth-order valence-electron chi connectivity index (χ4n) is 5.88. The van der Waals surface area contributed by atoms with Crippen molar-refractivity contribution in [1.29, 1.82) is 0 Å². The number of carbonyl (C=O) groups excluding carboxylic acids is 2. The van der Waals surface area contributed by atoms with Crippen LogP contribution in [0.1, 0.15) is 51.9 Å². The summed E-state index contributed by atoms with van der Waals surface area (Å²) in [4.78, 5) is 24.6. The Morgan fingerprint density at radius 3 is 2.19 bits per heavy atom. The molecule has 4 aliphatic carbocycles. The van der Waals surface area contributed by atoms with Crippen molar-refractivity contribution in [3.63, 3.8) is 0 Å². The van der Waals surface area contributed by atoms with Gasteiger partial charge in [0, 0.05) is 6.42 Å². The Labute approximate surface area is 154 Å². The van der Waals surface area contributed by atoms with Crippen molar-refractivity contribution in [2.45, 2.75) is 58.0 Å². The zero-order chi connectivity index (χ0) is 18.1. The van der Waals surface area contributed by atoms with Crippen molar-refractivity contribution < 1.29 is 14.3 Å². The summed E-state index contributed by atoms with van der Waals surface area (Å²) in [6.07, 6.45) is 7.53. The highest BCUT2D eigenvalue weighted by Gasteiger charge is 2.51. The fourth-order valence-corrected chi connectivity index (χ4v) is 5.88. The van der Waals surface area contributed by atoms with Crippen molar-refractivity contribution in [2.75, 3.05) is 0 Å². The number of ether oxygens (including phenoxy) is 1. The average molecular weight is 356 g/mol. The highest BCUT2D eigenvalue weighted by atomic mass is 16.5. The molecular formula is C21H28N2O3. The zero-order valence-corrected chi connectivity index (χ0v) is 15.4. The van der Waals surface area contributed by atoms with Crippen LogP contribution in [0.5, 0.6) is 5.75 Å². The number of amides is 2. The summed E-state index contributed by atoms with van der Waals surface area (Å²) >= 11 is 0. The minimum Gasteiger partial charge on any atom is -0.481 e. The minimum atomic E-state index is -0.669. The molecule has 4 saturated carbocycles. The molecule has 0 heterocycles. The highest BCUT2D eigenvalue weighted by molar-refractivity contribution is 5.84. The van der Waals surface area contributed by atoms with E-state index in [1.54, 1.807) is 19.1 Å². The van der Waals surface area contributed by atoms with Gasteiger partial charge in [-0.25, -0.2) is 0 Å². The molecule has 0 unspecified atom stereocenters. The molecule has 2 amide bonds. The van der Waals surface area contributed by atoms with E-state index in [9.17, 15) is 9.59 Å². The van der Waals surface area contributed by atoms with Crippen molar-refractivity contribution in [1.82, 2.24) is 10.9 Å². The molecule has 2 N–H and O–H groups in total. The molecule has 4 aliphatic rings. The average Bonchev–Trinajstić information content (AvgIpc) is 2.59. The molecule has 1 aromatic carbocycles. The molecule has 4 fully saturated rings. The van der Waals surface area contributed by atoms with E-state index in [0.29, 0.717) is 12.2 Å². The Kier molecular flexibility index (Phi) is 4.63. The molecule has 4 bridgehead atoms. The molecule has 5 rings (SSSR count). The second-order valence-electron chi connectivity index (χ2n) is 8.70. The Bertz CT molecular complexity index is 638. The van der Waals surface area contributed by atoms with Crippen molar-refractivity contribution >= 4 is 11.8 Å². The molecular weight excluding hydrogens is 328 g/mol. The van der Waals surface area contributed by atoms with Gasteiger partial charge in [-0.15, -0.1) is 0 Å². The molecule has 0 aromatic heterocycles. The molecule has 5 nitrogen and oxygen atoms in total. The maximum Gasteiger partial charge on any atom is 0.279 e. The molecule has 5 heteroatoms. The van der Waals surface area contributed by atoms with Gasteiger partial charge in [0.05, 0.1) is 0 Å². The van der Waals surface area contributed by atoms with Gasteiger partial charge in [0.15, 0.2) is 6.10 Å². The third-order valence-corrected chi connectivity index (χ3v) is 6.45. The lowest BCUT2D eigenvalue weighted by Gasteiger charge is -2.56. The SMILES string of the molecule is C[C@@H](Oc1ccccc1)C(=O)NNC(=O)CC12CC3CC(CC(C3)C1)C2. The second kappa shape index (κ2) is 6.93. The number of nitrogens with one attached hydrogen (secondary N) is 2. The first-order chi connectivity index (χ1) is 12.5. The molecule has 0 saturated heterocycles. The largest absolute Gasteiger partial charge is 0.481 e. The quantitative estimate of drug-likeness (QED) is 0.796. The number of benzene rings is 1. The van der Waals surface area contributed by atoms with Crippen molar-refractivity contribution in [3.05, 3.63) is 30.3 Å². The normalized spacial score (nSPS) is 32.7. The van der Waals surface area contributed by atoms with Gasteiger partial charge in [-0.3, -0.25) is 20.4 Å². The van der Waals surface area contributed by atoms with Gasteiger partial charge >= 0.3 is 0 Å². The van der Waals surface area contributed by atoms with Crippen LogP contribution in [-0.2, 0) is 9.59 Å². The molecule has 0 aliphatic heterocycles. The highest BCUT2D eigenvalue weighted by Crippen LogP contribution is 2.61. The van der Waals surface area contributed by atoms with E-state index in [-0.39, 0.29) is 17.2 Å². The summed E-state index contributed by atoms with van der Waals surface area (Å²) < 4.78 is 5.58. The van der Waals surface area contributed by atoms with Gasteiger partial charge in [0.2, 0.25) is 5.91 Å². The van der Waals surface area contributed by atoms with Gasteiger partial charge in [0.25, 0.3) is 5.91 Å². The van der Waals surface area contributed by atoms with E-state index in [2.05, 4.69) is 10.9 Å². The Hall–Kier alpha value is -2.04. The monoisotopic (exact) mass is 356 g/mol. The van der Waals surface area contributed by atoms with Gasteiger partial charge in [-0.2, -0.15) is 0 Å². The van der Waals surface area contributed by atoms with Crippen LogP contribution in [0.25, 0.3) is 0 Å². The summed E-state index contributed by atoms with van der Waals surface area (Å²) in [7, 11) is 0. The lowest BCUT2D eigenvalue weighted by molar-refractivity contribution is -0.136. The Balaban J connectivity index is 1.26. The van der Waals surface area contributed by atoms with Crippen LogP contribution in [0.4, 0.5) is 0 Å². The van der Waals surface area contributed by atoms with E-state index >= 15 is 0 Å². The fraction of sp³-hybridized carbons (Fsp3) is 0.619. The lowest BCUT2D eigenvalue weighted by atomic mass is 9.49. The summed E-state index contributed by atoms with van der Waals surface area (Å²) in [5.74, 6) is 2.68. The second-order valence-corrected chi connectivity index (χ2v) is 8.70. The standard InChI is InChI=1S/C21H28N2O3/c1-14(26-18-5-3-2-4-6-18)20(25)23-22-19(24)13-21-10-15-7-16(11-21)9-17(8-15)12-21/h2-6,14-17H,7-13H2,1H3,(H,22,24)(H,23,25)/t14-,15?,16?,17?,21?/m1/s1. The summed E-state index contributed by atoms with van der Waals surface area (Å²) in [6.45, 7) is 1.67. The van der Waals surface area contributed by atoms with Crippen LogP contribution in [0, 0.1) is 23.2 Å². The predicted molar refractivity (Wildman–Crippen MR) is 98.0 cm³/mol. The number of hydrogen-bond acceptors (Lipinski definition) is 3. The molecule has 26 heavy (non-hydrogen) atoms. The Morgan fingerprint density at radius 1 is 1.04 bits per heavy atom. The first kappa shape index (κ1) is 17.4. The molecule has 0 spiro atoms. The zero-order valence-electron chi connectivity index (χ0n) is 15.4. The first-order valence-electron chi connectivity index (χ1n) is 9.82. The molecule has 1 aromatic rings. The van der Waals surface area contributed by atoms with Gasteiger partial charge in [-0.1, -0.05) is 18.2 Å². The summed E-state index contributed by atoms with van der Waals surface area (Å²) in [5, 5.41) is 0. The van der Waals surface area contributed by atoms with E-state index in [1.165, 1.54) is 38.5 Å². The number of rotatable bonds is 5. The van der Waals surface area contributed by atoms with Gasteiger partial charge in [-0.05, 0) is 80.8 Å². The number of para-hydroxylation sites is 1. The van der Waals surface area contributed by atoms with E-state index in [4.69, 9.17) is 4.74 Å². The predicted octanol–water partition coefficient (Wildman–Crippen LogP) is 3.21. The van der Waals surface area contributed by atoms with Crippen molar-refractivity contribution in [2.24, 2.45) is 23.2 Å². The Morgan fingerprint density at radius 2 is 1.62 bits per heavy atom. The van der Waals surface area contributed by atoms with Crippen LogP contribution < -0.4 is 15.6 Å². The third-order valence-electron chi connectivity index (χ3n) is 6.45. The maximum absolute atomic E-state index is 12.4. The molecule has 140 valence electrons. The number of hydrogen-bond donors (Lipinski definition) is 2. The summed E-state index contributed by atoms with van der Waals surface area (Å²) in [6, 6.07) is 9.20. The van der Waals surface area contributed by atoms with Crippen LogP contribution in [0.15, 0.2) is 30.3 Å². The van der Waals surface area contributed by atoms with E-state index in [1.807, 2.05) is 18.2 Å². The molecule has 0 radical (unpaired) electrons. The topological polar surface area (TPSA) is 67.4 Å². The van der Waals surface area contributed by atoms with E-state index < -0.39 is 6.10 Å².